The molecular formula is C28H28N4O2. The van der Waals surface area contributed by atoms with E-state index in [1.54, 1.807) is 12.4 Å². The van der Waals surface area contributed by atoms with Gasteiger partial charge < -0.3 is 15.7 Å². The van der Waals surface area contributed by atoms with Crippen LogP contribution in [0.4, 0.5) is 11.5 Å². The van der Waals surface area contributed by atoms with Crippen LogP contribution in [0.25, 0.3) is 0 Å². The quantitative estimate of drug-likeness (QED) is 0.316. The number of carbonyl (C=O) groups is 1. The van der Waals surface area contributed by atoms with Gasteiger partial charge in [-0.15, -0.1) is 0 Å². The van der Waals surface area contributed by atoms with Crippen molar-refractivity contribution in [3.8, 4) is 0 Å². The number of nitrogens with one attached hydrogen (secondary N) is 2. The fourth-order valence-electron chi connectivity index (χ4n) is 4.06. The molecule has 0 aliphatic heterocycles. The molecule has 3 N–H and O–H groups in total. The number of nitrogens with zero attached hydrogens (tertiary/aromatic N) is 2. The van der Waals surface area contributed by atoms with E-state index in [9.17, 15) is 9.90 Å². The molecule has 1 amide bonds. The zero-order chi connectivity index (χ0) is 23.6. The maximum atomic E-state index is 12.4. The average Bonchev–Trinajstić information content (AvgIpc) is 2.88. The van der Waals surface area contributed by atoms with Crippen molar-refractivity contribution in [1.82, 2.24) is 9.97 Å². The Kier molecular flexibility index (Phi) is 7.98. The number of aliphatic hydroxyl groups excluding tert-OH is 1. The minimum Gasteiger partial charge on any atom is -0.396 e. The van der Waals surface area contributed by atoms with Crippen LogP contribution >= 0.6 is 0 Å². The van der Waals surface area contributed by atoms with Crippen LogP contribution in [-0.2, 0) is 11.2 Å². The number of carbonyl (C=O) groups excluding carboxylic acids is 1. The minimum absolute atomic E-state index is 0.0420. The lowest BCUT2D eigenvalue weighted by atomic mass is 9.84. The number of aromatic nitrogens is 2. The summed E-state index contributed by atoms with van der Waals surface area (Å²) >= 11 is 0. The van der Waals surface area contributed by atoms with Crippen LogP contribution in [0.2, 0.25) is 0 Å². The molecule has 0 fully saturated rings. The number of anilines is 2. The molecule has 0 radical (unpaired) electrons. The molecule has 172 valence electrons. The second-order valence-electron chi connectivity index (χ2n) is 8.00. The highest BCUT2D eigenvalue weighted by Gasteiger charge is 2.29. The van der Waals surface area contributed by atoms with Gasteiger partial charge in [-0.2, -0.15) is 0 Å². The lowest BCUT2D eigenvalue weighted by Gasteiger charge is -2.30. The first kappa shape index (κ1) is 23.1. The molecule has 4 rings (SSSR count). The molecule has 0 aliphatic rings. The average molecular weight is 453 g/mol. The Morgan fingerprint density at radius 1 is 0.824 bits per heavy atom. The van der Waals surface area contributed by atoms with Gasteiger partial charge in [0, 0.05) is 29.7 Å². The molecule has 0 aliphatic carbocycles. The van der Waals surface area contributed by atoms with Crippen molar-refractivity contribution < 1.29 is 9.90 Å². The van der Waals surface area contributed by atoms with Gasteiger partial charge in [-0.1, -0.05) is 60.7 Å². The Hall–Kier alpha value is -4.03. The molecular weight excluding hydrogens is 424 g/mol. The summed E-state index contributed by atoms with van der Waals surface area (Å²) in [6, 6.07) is 29.5. The van der Waals surface area contributed by atoms with E-state index in [1.807, 2.05) is 78.9 Å². The van der Waals surface area contributed by atoms with Gasteiger partial charge in [-0.25, -0.2) is 4.98 Å². The molecule has 6 nitrogen and oxygen atoms in total. The zero-order valence-electron chi connectivity index (χ0n) is 18.8. The van der Waals surface area contributed by atoms with E-state index in [0.717, 1.165) is 23.5 Å². The van der Waals surface area contributed by atoms with E-state index in [0.29, 0.717) is 5.69 Å². The summed E-state index contributed by atoms with van der Waals surface area (Å²) < 4.78 is 0. The highest BCUT2D eigenvalue weighted by molar-refractivity contribution is 5.91. The van der Waals surface area contributed by atoms with E-state index in [1.165, 1.54) is 5.56 Å². The predicted octanol–water partition coefficient (Wildman–Crippen LogP) is 4.98. The Labute approximate surface area is 199 Å². The van der Waals surface area contributed by atoms with Crippen molar-refractivity contribution in [2.24, 2.45) is 0 Å². The lowest BCUT2D eigenvalue weighted by Crippen LogP contribution is -2.25. The molecule has 0 saturated carbocycles. The normalized spacial score (nSPS) is 12.5. The molecule has 0 spiro atoms. The van der Waals surface area contributed by atoms with Gasteiger partial charge in [-0.05, 0) is 47.9 Å². The predicted molar refractivity (Wildman–Crippen MR) is 134 cm³/mol. The number of para-hydroxylation sites is 1. The minimum atomic E-state index is -0.240. The number of rotatable bonds is 10. The van der Waals surface area contributed by atoms with Crippen LogP contribution in [0.15, 0.2) is 103 Å². The van der Waals surface area contributed by atoms with Gasteiger partial charge in [0.15, 0.2) is 0 Å². The van der Waals surface area contributed by atoms with Gasteiger partial charge in [-0.3, -0.25) is 9.78 Å². The first-order valence-electron chi connectivity index (χ1n) is 11.4. The van der Waals surface area contributed by atoms with Crippen molar-refractivity contribution in [3.63, 3.8) is 0 Å². The summed E-state index contributed by atoms with van der Waals surface area (Å²) in [7, 11) is 0. The molecule has 4 aromatic rings. The number of hydrogen-bond donors (Lipinski definition) is 3. The second kappa shape index (κ2) is 11.7. The summed E-state index contributed by atoms with van der Waals surface area (Å²) in [5, 5.41) is 15.8. The molecule has 2 atom stereocenters. The van der Waals surface area contributed by atoms with Gasteiger partial charge in [0.1, 0.15) is 5.82 Å². The van der Waals surface area contributed by atoms with Crippen LogP contribution in [0, 0.1) is 0 Å². The third kappa shape index (κ3) is 6.05. The van der Waals surface area contributed by atoms with Gasteiger partial charge in [0.2, 0.25) is 5.91 Å². The molecule has 34 heavy (non-hydrogen) atoms. The summed E-state index contributed by atoms with van der Waals surface area (Å²) in [5.74, 6) is 0.448. The highest BCUT2D eigenvalue weighted by atomic mass is 16.3. The van der Waals surface area contributed by atoms with Crippen molar-refractivity contribution in [1.29, 1.82) is 0 Å². The summed E-state index contributed by atoms with van der Waals surface area (Å²) in [6.07, 6.45) is 4.34. The van der Waals surface area contributed by atoms with E-state index >= 15 is 0 Å². The van der Waals surface area contributed by atoms with Crippen LogP contribution in [-0.4, -0.2) is 27.6 Å². The topological polar surface area (TPSA) is 87.1 Å². The maximum absolute atomic E-state index is 12.4. The summed E-state index contributed by atoms with van der Waals surface area (Å²) in [5.41, 5.74) is 3.75. The smallest absolute Gasteiger partial charge is 0.226 e. The Balaban J connectivity index is 1.80. The fraction of sp³-hybridized carbons (Fsp3) is 0.179. The number of aliphatic hydroxyl groups is 1. The monoisotopic (exact) mass is 452 g/mol. The Morgan fingerprint density at radius 3 is 2.24 bits per heavy atom. The second-order valence-corrected chi connectivity index (χ2v) is 8.00. The van der Waals surface area contributed by atoms with Crippen molar-refractivity contribution >= 4 is 17.4 Å². The SMILES string of the molecule is O=C(CCO)Nc1ccccc1[C@H](Nc1ccccn1)[C@H](Cc1ccccc1)c1ccccn1. The third-order valence-electron chi connectivity index (χ3n) is 5.65. The van der Waals surface area contributed by atoms with E-state index in [-0.39, 0.29) is 30.9 Å². The molecule has 6 heteroatoms. The standard InChI is InChI=1S/C28H28N4O2/c33-19-16-27(34)31-25-14-5-4-12-22(25)28(32-26-15-7-9-18-30-26)23(24-13-6-8-17-29-24)20-21-10-2-1-3-11-21/h1-15,17-18,23,28,33H,16,19-20H2,(H,30,32)(H,31,34)/t23-,28+/m1/s1. The number of hydrogen-bond acceptors (Lipinski definition) is 5. The number of amides is 1. The van der Waals surface area contributed by atoms with E-state index in [2.05, 4.69) is 27.8 Å². The van der Waals surface area contributed by atoms with Crippen molar-refractivity contribution in [3.05, 3.63) is 120 Å². The van der Waals surface area contributed by atoms with Crippen LogP contribution in [0.3, 0.4) is 0 Å². The van der Waals surface area contributed by atoms with Crippen molar-refractivity contribution in [2.75, 3.05) is 17.2 Å². The van der Waals surface area contributed by atoms with Crippen LogP contribution < -0.4 is 10.6 Å². The zero-order valence-corrected chi connectivity index (χ0v) is 18.8. The van der Waals surface area contributed by atoms with Crippen LogP contribution in [0.5, 0.6) is 0 Å². The van der Waals surface area contributed by atoms with Gasteiger partial charge >= 0.3 is 0 Å². The van der Waals surface area contributed by atoms with Crippen LogP contribution in [0.1, 0.15) is 35.2 Å². The molecule has 2 aromatic heterocycles. The molecule has 0 unspecified atom stereocenters. The van der Waals surface area contributed by atoms with Crippen molar-refractivity contribution in [2.45, 2.75) is 24.8 Å². The lowest BCUT2D eigenvalue weighted by molar-refractivity contribution is -0.116. The molecule has 2 heterocycles. The van der Waals surface area contributed by atoms with Gasteiger partial charge in [0.25, 0.3) is 0 Å². The maximum Gasteiger partial charge on any atom is 0.226 e. The molecule has 0 bridgehead atoms. The molecule has 2 aromatic carbocycles. The molecule has 0 saturated heterocycles. The summed E-state index contributed by atoms with van der Waals surface area (Å²) in [6.45, 7) is -0.200. The third-order valence-corrected chi connectivity index (χ3v) is 5.65. The first-order valence-corrected chi connectivity index (χ1v) is 11.4. The largest absolute Gasteiger partial charge is 0.396 e. The first-order chi connectivity index (χ1) is 16.7. The highest BCUT2D eigenvalue weighted by Crippen LogP contribution is 2.38. The van der Waals surface area contributed by atoms with E-state index in [4.69, 9.17) is 4.98 Å². The Morgan fingerprint density at radius 2 is 1.53 bits per heavy atom. The van der Waals surface area contributed by atoms with Gasteiger partial charge in [0.05, 0.1) is 19.1 Å². The van der Waals surface area contributed by atoms with E-state index < -0.39 is 0 Å². The number of pyridine rings is 2. The fourth-order valence-corrected chi connectivity index (χ4v) is 4.06. The summed E-state index contributed by atoms with van der Waals surface area (Å²) in [4.78, 5) is 21.6. The Bertz CT molecular complexity index is 1170. The number of benzene rings is 2.